The quantitative estimate of drug-likeness (QED) is 0.516. The molecule has 0 heterocycles. The van der Waals surface area contributed by atoms with Gasteiger partial charge in [0.25, 0.3) is 0 Å². The Morgan fingerprint density at radius 3 is 2.65 bits per heavy atom. The lowest BCUT2D eigenvalue weighted by atomic mass is 10.1. The Bertz CT molecular complexity index is 438. The summed E-state index contributed by atoms with van der Waals surface area (Å²) in [6.45, 7) is 7.19. The summed E-state index contributed by atoms with van der Waals surface area (Å²) in [6.07, 6.45) is 0.167. The van der Waals surface area contributed by atoms with Crippen LogP contribution in [0.2, 0.25) is 0 Å². The Hall–Kier alpha value is -1.33. The van der Waals surface area contributed by atoms with Gasteiger partial charge in [-0.15, -0.1) is 0 Å². The third kappa shape index (κ3) is 4.98. The van der Waals surface area contributed by atoms with E-state index in [0.29, 0.717) is 19.8 Å². The van der Waals surface area contributed by atoms with Gasteiger partial charge in [-0.1, -0.05) is 13.0 Å². The number of rotatable bonds is 9. The molecule has 0 aliphatic heterocycles. The van der Waals surface area contributed by atoms with Crippen LogP contribution in [0.3, 0.4) is 0 Å². The van der Waals surface area contributed by atoms with Crippen LogP contribution in [0.1, 0.15) is 30.6 Å². The van der Waals surface area contributed by atoms with E-state index >= 15 is 0 Å². The van der Waals surface area contributed by atoms with Gasteiger partial charge in [0.1, 0.15) is 0 Å². The van der Waals surface area contributed by atoms with Crippen molar-refractivity contribution in [3.05, 3.63) is 35.4 Å². The highest BCUT2D eigenvalue weighted by atomic mass is 19.2. The molecule has 0 aliphatic rings. The van der Waals surface area contributed by atoms with Crippen molar-refractivity contribution in [3.8, 4) is 0 Å². The second kappa shape index (κ2) is 8.76. The zero-order valence-electron chi connectivity index (χ0n) is 12.0. The number of benzene rings is 1. The maximum absolute atomic E-state index is 13.5. The summed E-state index contributed by atoms with van der Waals surface area (Å²) in [5.41, 5.74) is -0.175. The molecule has 0 saturated carbocycles. The summed E-state index contributed by atoms with van der Waals surface area (Å²) in [5, 5.41) is 0. The van der Waals surface area contributed by atoms with Crippen LogP contribution < -0.4 is 0 Å². The fourth-order valence-electron chi connectivity index (χ4n) is 1.88. The standard InChI is InChI=1S/C15H21F2NO2/c1-3-18(10-11-20-4-2)9-8-14(19)12-6-5-7-13(16)15(12)17/h5-7H,3-4,8-11H2,1-2H3. The molecule has 0 bridgehead atoms. The van der Waals surface area contributed by atoms with Crippen LogP contribution >= 0.6 is 0 Å². The molecule has 0 radical (unpaired) electrons. The third-order valence-corrected chi connectivity index (χ3v) is 3.11. The molecule has 0 aromatic heterocycles. The first-order valence-electron chi connectivity index (χ1n) is 6.87. The van der Waals surface area contributed by atoms with Gasteiger partial charge < -0.3 is 9.64 Å². The van der Waals surface area contributed by atoms with Gasteiger partial charge >= 0.3 is 0 Å². The summed E-state index contributed by atoms with van der Waals surface area (Å²) < 4.78 is 31.8. The molecule has 0 atom stereocenters. The Morgan fingerprint density at radius 2 is 2.00 bits per heavy atom. The Morgan fingerprint density at radius 1 is 1.25 bits per heavy atom. The van der Waals surface area contributed by atoms with Crippen LogP contribution in [0.25, 0.3) is 0 Å². The van der Waals surface area contributed by atoms with Gasteiger partial charge in [0, 0.05) is 26.1 Å². The van der Waals surface area contributed by atoms with Gasteiger partial charge in [0.2, 0.25) is 0 Å². The largest absolute Gasteiger partial charge is 0.380 e. The number of Topliss-reactive ketones (excluding diaryl/α,β-unsaturated/α-hetero) is 1. The maximum atomic E-state index is 13.5. The molecule has 0 N–H and O–H groups in total. The van der Waals surface area contributed by atoms with Crippen LogP contribution in [0, 0.1) is 11.6 Å². The number of hydrogen-bond acceptors (Lipinski definition) is 3. The van der Waals surface area contributed by atoms with Gasteiger partial charge in [-0.25, -0.2) is 8.78 Å². The predicted octanol–water partition coefficient (Wildman–Crippen LogP) is 2.90. The SMILES string of the molecule is CCOCCN(CC)CCC(=O)c1cccc(F)c1F. The highest BCUT2D eigenvalue weighted by molar-refractivity contribution is 5.96. The topological polar surface area (TPSA) is 29.5 Å². The van der Waals surface area contributed by atoms with Crippen molar-refractivity contribution < 1.29 is 18.3 Å². The zero-order valence-corrected chi connectivity index (χ0v) is 12.0. The van der Waals surface area contributed by atoms with Crippen molar-refractivity contribution in [2.45, 2.75) is 20.3 Å². The van der Waals surface area contributed by atoms with E-state index < -0.39 is 11.6 Å². The number of nitrogens with zero attached hydrogens (tertiary/aromatic N) is 1. The third-order valence-electron chi connectivity index (χ3n) is 3.11. The fraction of sp³-hybridized carbons (Fsp3) is 0.533. The summed E-state index contributed by atoms with van der Waals surface area (Å²) in [6, 6.07) is 3.67. The predicted molar refractivity (Wildman–Crippen MR) is 73.9 cm³/mol. The molecule has 1 rings (SSSR count). The average molecular weight is 285 g/mol. The number of ether oxygens (including phenoxy) is 1. The van der Waals surface area contributed by atoms with E-state index in [-0.39, 0.29) is 17.8 Å². The van der Waals surface area contributed by atoms with Crippen molar-refractivity contribution in [3.63, 3.8) is 0 Å². The first-order chi connectivity index (χ1) is 9.60. The molecule has 3 nitrogen and oxygen atoms in total. The molecule has 0 amide bonds. The zero-order chi connectivity index (χ0) is 15.0. The molecule has 0 aliphatic carbocycles. The van der Waals surface area contributed by atoms with E-state index in [1.165, 1.54) is 12.1 Å². The molecule has 0 spiro atoms. The van der Waals surface area contributed by atoms with Crippen molar-refractivity contribution in [1.82, 2.24) is 4.90 Å². The Labute approximate surface area is 118 Å². The second-order valence-corrected chi connectivity index (χ2v) is 4.41. The second-order valence-electron chi connectivity index (χ2n) is 4.41. The van der Waals surface area contributed by atoms with E-state index in [4.69, 9.17) is 4.74 Å². The van der Waals surface area contributed by atoms with Crippen molar-refractivity contribution in [2.24, 2.45) is 0 Å². The van der Waals surface area contributed by atoms with E-state index in [1.54, 1.807) is 0 Å². The summed E-state index contributed by atoms with van der Waals surface area (Å²) in [4.78, 5) is 13.9. The monoisotopic (exact) mass is 285 g/mol. The van der Waals surface area contributed by atoms with Crippen molar-refractivity contribution >= 4 is 5.78 Å². The number of hydrogen-bond donors (Lipinski definition) is 0. The van der Waals surface area contributed by atoms with Crippen LogP contribution in [-0.4, -0.2) is 43.5 Å². The molecule has 20 heavy (non-hydrogen) atoms. The Kier molecular flexibility index (Phi) is 7.33. The van der Waals surface area contributed by atoms with Crippen LogP contribution in [0.5, 0.6) is 0 Å². The maximum Gasteiger partial charge on any atom is 0.169 e. The number of halogens is 2. The van der Waals surface area contributed by atoms with Gasteiger partial charge in [-0.3, -0.25) is 4.79 Å². The number of likely N-dealkylation sites (N-methyl/N-ethyl adjacent to an activating group) is 1. The normalized spacial score (nSPS) is 11.1. The van der Waals surface area contributed by atoms with Gasteiger partial charge in [-0.05, 0) is 25.6 Å². The molecule has 1 aromatic carbocycles. The van der Waals surface area contributed by atoms with E-state index in [0.717, 1.165) is 19.2 Å². The minimum atomic E-state index is -1.06. The van der Waals surface area contributed by atoms with Gasteiger partial charge in [0.15, 0.2) is 17.4 Å². The molecule has 112 valence electrons. The summed E-state index contributed by atoms with van der Waals surface area (Å²) >= 11 is 0. The number of ketones is 1. The molecule has 0 saturated heterocycles. The lowest BCUT2D eigenvalue weighted by Gasteiger charge is -2.19. The average Bonchev–Trinajstić information content (AvgIpc) is 2.45. The minimum absolute atomic E-state index is 0.167. The summed E-state index contributed by atoms with van der Waals surface area (Å²) in [5.74, 6) is -2.42. The Balaban J connectivity index is 2.51. The van der Waals surface area contributed by atoms with Crippen LogP contribution in [0.15, 0.2) is 18.2 Å². The molecule has 5 heteroatoms. The van der Waals surface area contributed by atoms with Crippen LogP contribution in [0.4, 0.5) is 8.78 Å². The molecular weight excluding hydrogens is 264 g/mol. The highest BCUT2D eigenvalue weighted by Gasteiger charge is 2.15. The molecular formula is C15H21F2NO2. The van der Waals surface area contributed by atoms with Crippen molar-refractivity contribution in [1.29, 1.82) is 0 Å². The van der Waals surface area contributed by atoms with E-state index in [9.17, 15) is 13.6 Å². The highest BCUT2D eigenvalue weighted by Crippen LogP contribution is 2.13. The molecule has 1 aromatic rings. The molecule has 0 unspecified atom stereocenters. The fourth-order valence-corrected chi connectivity index (χ4v) is 1.88. The van der Waals surface area contributed by atoms with E-state index in [2.05, 4.69) is 0 Å². The van der Waals surface area contributed by atoms with Gasteiger partial charge in [0.05, 0.1) is 12.2 Å². The first kappa shape index (κ1) is 16.7. The minimum Gasteiger partial charge on any atom is -0.380 e. The lowest BCUT2D eigenvalue weighted by Crippen LogP contribution is -2.30. The first-order valence-corrected chi connectivity index (χ1v) is 6.87. The number of carbonyl (C=O) groups is 1. The number of carbonyl (C=O) groups excluding carboxylic acids is 1. The lowest BCUT2D eigenvalue weighted by molar-refractivity contribution is 0.0925. The van der Waals surface area contributed by atoms with Crippen LogP contribution in [-0.2, 0) is 4.74 Å². The summed E-state index contributed by atoms with van der Waals surface area (Å²) in [7, 11) is 0. The molecule has 0 fully saturated rings. The van der Waals surface area contributed by atoms with Gasteiger partial charge in [-0.2, -0.15) is 0 Å². The van der Waals surface area contributed by atoms with E-state index in [1.807, 2.05) is 18.7 Å². The smallest absolute Gasteiger partial charge is 0.169 e. The van der Waals surface area contributed by atoms with Crippen molar-refractivity contribution in [2.75, 3.05) is 32.8 Å².